The summed E-state index contributed by atoms with van der Waals surface area (Å²) in [5, 5.41) is 5.67. The van der Waals surface area contributed by atoms with Gasteiger partial charge in [-0.2, -0.15) is 0 Å². The van der Waals surface area contributed by atoms with Crippen LogP contribution < -0.4 is 5.32 Å². The van der Waals surface area contributed by atoms with E-state index in [9.17, 15) is 4.79 Å². The van der Waals surface area contributed by atoms with Crippen molar-refractivity contribution in [2.45, 2.75) is 13.5 Å². The number of rotatable bonds is 3. The molecule has 1 amide bonds. The lowest BCUT2D eigenvalue weighted by Gasteiger charge is -2.02. The highest BCUT2D eigenvalue weighted by Crippen LogP contribution is 2.09. The van der Waals surface area contributed by atoms with E-state index in [0.29, 0.717) is 16.7 Å². The second-order valence-corrected chi connectivity index (χ2v) is 5.19. The van der Waals surface area contributed by atoms with Gasteiger partial charge in [-0.15, -0.1) is 11.3 Å². The Balaban J connectivity index is 1.95. The quantitative estimate of drug-likeness (QED) is 0.886. The Morgan fingerprint density at radius 1 is 1.53 bits per heavy atom. The highest BCUT2D eigenvalue weighted by molar-refractivity contribution is 9.10. The van der Waals surface area contributed by atoms with Crippen LogP contribution in [0, 0.1) is 6.92 Å². The van der Waals surface area contributed by atoms with Gasteiger partial charge in [0.15, 0.2) is 0 Å². The lowest BCUT2D eigenvalue weighted by Crippen LogP contribution is -2.22. The van der Waals surface area contributed by atoms with Crippen LogP contribution in [0.2, 0.25) is 0 Å². The maximum Gasteiger partial charge on any atom is 0.253 e. The molecule has 2 rings (SSSR count). The van der Waals surface area contributed by atoms with E-state index >= 15 is 0 Å². The van der Waals surface area contributed by atoms with Crippen LogP contribution in [0.15, 0.2) is 28.3 Å². The third kappa shape index (κ3) is 3.34. The van der Waals surface area contributed by atoms with Crippen LogP contribution >= 0.6 is 27.3 Å². The number of amides is 1. The summed E-state index contributed by atoms with van der Waals surface area (Å²) in [6.07, 6.45) is 1.53. The number of aromatic nitrogens is 2. The molecule has 0 radical (unpaired) electrons. The van der Waals surface area contributed by atoms with Crippen molar-refractivity contribution in [3.8, 4) is 0 Å². The number of hydrogen-bond acceptors (Lipinski definition) is 4. The molecule has 4 nitrogen and oxygen atoms in total. The van der Waals surface area contributed by atoms with Crippen molar-refractivity contribution in [1.29, 1.82) is 0 Å². The van der Waals surface area contributed by atoms with Crippen LogP contribution in [-0.2, 0) is 6.54 Å². The Kier molecular flexibility index (Phi) is 3.86. The first-order chi connectivity index (χ1) is 8.15. The molecule has 17 heavy (non-hydrogen) atoms. The van der Waals surface area contributed by atoms with E-state index in [-0.39, 0.29) is 5.91 Å². The molecule has 2 aromatic heterocycles. The molecule has 0 fully saturated rings. The first kappa shape index (κ1) is 12.2. The number of halogens is 1. The maximum absolute atomic E-state index is 11.7. The molecular weight excluding hydrogens is 302 g/mol. The Hall–Kier alpha value is -1.27. The molecule has 0 aliphatic heterocycles. The molecule has 0 unspecified atom stereocenters. The number of thiazole rings is 1. The molecule has 0 saturated carbocycles. The summed E-state index contributed by atoms with van der Waals surface area (Å²) in [5.41, 5.74) is 1.52. The summed E-state index contributed by atoms with van der Waals surface area (Å²) in [7, 11) is 0. The van der Waals surface area contributed by atoms with Crippen LogP contribution in [0.3, 0.4) is 0 Å². The molecule has 0 aromatic carbocycles. The van der Waals surface area contributed by atoms with Crippen molar-refractivity contribution < 1.29 is 4.79 Å². The second kappa shape index (κ2) is 5.37. The van der Waals surface area contributed by atoms with Gasteiger partial charge in [-0.25, -0.2) is 9.97 Å². The average Bonchev–Trinajstić information content (AvgIpc) is 2.73. The number of carbonyl (C=O) groups excluding carboxylic acids is 1. The van der Waals surface area contributed by atoms with Crippen molar-refractivity contribution in [3.63, 3.8) is 0 Å². The summed E-state index contributed by atoms with van der Waals surface area (Å²) >= 11 is 4.76. The Morgan fingerprint density at radius 3 is 2.94 bits per heavy atom. The molecule has 88 valence electrons. The molecule has 0 spiro atoms. The SMILES string of the molecule is Cc1csc(CNC(=O)c2ccc(Br)nc2)n1. The van der Waals surface area contributed by atoms with Crippen molar-refractivity contribution in [1.82, 2.24) is 15.3 Å². The predicted octanol–water partition coefficient (Wildman–Crippen LogP) is 2.54. The summed E-state index contributed by atoms with van der Waals surface area (Å²) < 4.78 is 0.713. The summed E-state index contributed by atoms with van der Waals surface area (Å²) in [5.74, 6) is -0.141. The molecule has 0 aliphatic rings. The largest absolute Gasteiger partial charge is 0.345 e. The molecule has 2 heterocycles. The van der Waals surface area contributed by atoms with E-state index in [4.69, 9.17) is 0 Å². The molecule has 0 aliphatic carbocycles. The zero-order valence-corrected chi connectivity index (χ0v) is 11.5. The summed E-state index contributed by atoms with van der Waals surface area (Å²) in [6.45, 7) is 2.38. The standard InChI is InChI=1S/C11H10BrN3OS/c1-7-6-17-10(15-7)5-14-11(16)8-2-3-9(12)13-4-8/h2-4,6H,5H2,1H3,(H,14,16). The third-order valence-corrected chi connectivity index (χ3v) is 3.49. The number of aryl methyl sites for hydroxylation is 1. The monoisotopic (exact) mass is 311 g/mol. The van der Waals surface area contributed by atoms with Gasteiger partial charge in [0.05, 0.1) is 12.1 Å². The summed E-state index contributed by atoms with van der Waals surface area (Å²) in [4.78, 5) is 20.0. The Labute approximate surface area is 111 Å². The van der Waals surface area contributed by atoms with Crippen LogP contribution in [0.5, 0.6) is 0 Å². The number of carbonyl (C=O) groups is 1. The summed E-state index contributed by atoms with van der Waals surface area (Å²) in [6, 6.07) is 3.46. The molecule has 0 saturated heterocycles. The van der Waals surface area contributed by atoms with Crippen molar-refractivity contribution in [2.75, 3.05) is 0 Å². The zero-order chi connectivity index (χ0) is 12.3. The minimum atomic E-state index is -0.141. The van der Waals surface area contributed by atoms with Crippen LogP contribution in [0.4, 0.5) is 0 Å². The molecule has 2 aromatic rings. The third-order valence-electron chi connectivity index (χ3n) is 2.06. The van der Waals surface area contributed by atoms with Gasteiger partial charge in [0.2, 0.25) is 0 Å². The fourth-order valence-corrected chi connectivity index (χ4v) is 2.20. The fraction of sp³-hybridized carbons (Fsp3) is 0.182. The smallest absolute Gasteiger partial charge is 0.253 e. The van der Waals surface area contributed by atoms with E-state index in [0.717, 1.165) is 10.7 Å². The van der Waals surface area contributed by atoms with Crippen molar-refractivity contribution >= 4 is 33.2 Å². The first-order valence-electron chi connectivity index (χ1n) is 4.96. The molecule has 6 heteroatoms. The number of nitrogens with one attached hydrogen (secondary N) is 1. The van der Waals surface area contributed by atoms with E-state index < -0.39 is 0 Å². The van der Waals surface area contributed by atoms with Crippen LogP contribution in [0.25, 0.3) is 0 Å². The molecule has 1 N–H and O–H groups in total. The molecular formula is C11H10BrN3OS. The Bertz CT molecular complexity index is 524. The second-order valence-electron chi connectivity index (χ2n) is 3.43. The normalized spacial score (nSPS) is 10.2. The van der Waals surface area contributed by atoms with E-state index in [1.165, 1.54) is 6.20 Å². The van der Waals surface area contributed by atoms with Gasteiger partial charge in [-0.3, -0.25) is 4.79 Å². The minimum Gasteiger partial charge on any atom is -0.345 e. The highest BCUT2D eigenvalue weighted by Gasteiger charge is 2.06. The average molecular weight is 312 g/mol. The number of pyridine rings is 1. The van der Waals surface area contributed by atoms with Gasteiger partial charge in [-0.1, -0.05) is 0 Å². The molecule has 0 bridgehead atoms. The van der Waals surface area contributed by atoms with Crippen molar-refractivity contribution in [3.05, 3.63) is 44.6 Å². The van der Waals surface area contributed by atoms with Gasteiger partial charge in [0, 0.05) is 17.3 Å². The van der Waals surface area contributed by atoms with E-state index in [2.05, 4.69) is 31.2 Å². The van der Waals surface area contributed by atoms with Gasteiger partial charge >= 0.3 is 0 Å². The van der Waals surface area contributed by atoms with Crippen LogP contribution in [-0.4, -0.2) is 15.9 Å². The lowest BCUT2D eigenvalue weighted by molar-refractivity contribution is 0.0950. The van der Waals surface area contributed by atoms with Gasteiger partial charge in [0.1, 0.15) is 9.61 Å². The number of hydrogen-bond donors (Lipinski definition) is 1. The van der Waals surface area contributed by atoms with Crippen molar-refractivity contribution in [2.24, 2.45) is 0 Å². The topological polar surface area (TPSA) is 54.9 Å². The Morgan fingerprint density at radius 2 is 2.35 bits per heavy atom. The minimum absolute atomic E-state index is 0.141. The van der Waals surface area contributed by atoms with E-state index in [1.54, 1.807) is 23.5 Å². The maximum atomic E-state index is 11.7. The van der Waals surface area contributed by atoms with E-state index in [1.807, 2.05) is 12.3 Å². The molecule has 0 atom stereocenters. The highest BCUT2D eigenvalue weighted by atomic mass is 79.9. The van der Waals surface area contributed by atoms with Gasteiger partial charge < -0.3 is 5.32 Å². The number of nitrogens with zero attached hydrogens (tertiary/aromatic N) is 2. The van der Waals surface area contributed by atoms with Gasteiger partial charge in [0.25, 0.3) is 5.91 Å². The zero-order valence-electron chi connectivity index (χ0n) is 9.11. The predicted molar refractivity (Wildman–Crippen MR) is 70.0 cm³/mol. The van der Waals surface area contributed by atoms with Crippen LogP contribution in [0.1, 0.15) is 21.1 Å². The fourth-order valence-electron chi connectivity index (χ4n) is 1.25. The first-order valence-corrected chi connectivity index (χ1v) is 6.63. The van der Waals surface area contributed by atoms with Gasteiger partial charge in [-0.05, 0) is 35.0 Å². The lowest BCUT2D eigenvalue weighted by atomic mass is 10.3.